The minimum absolute atomic E-state index is 0.290. The van der Waals surface area contributed by atoms with E-state index in [9.17, 15) is 4.79 Å². The summed E-state index contributed by atoms with van der Waals surface area (Å²) < 4.78 is 0. The van der Waals surface area contributed by atoms with E-state index in [4.69, 9.17) is 0 Å². The third-order valence-corrected chi connectivity index (χ3v) is 5.69. The van der Waals surface area contributed by atoms with E-state index in [1.54, 1.807) is 11.3 Å². The van der Waals surface area contributed by atoms with Gasteiger partial charge in [-0.3, -0.25) is 4.79 Å². The van der Waals surface area contributed by atoms with E-state index in [0.29, 0.717) is 23.7 Å². The minimum atomic E-state index is 0.290. The number of rotatable bonds is 5. The average molecular weight is 278 g/mol. The van der Waals surface area contributed by atoms with Gasteiger partial charge in [0.25, 0.3) is 0 Å². The molecule has 2 aliphatic carbocycles. The van der Waals surface area contributed by atoms with E-state index < -0.39 is 0 Å². The third-order valence-electron chi connectivity index (χ3n) is 4.62. The summed E-state index contributed by atoms with van der Waals surface area (Å²) in [6.07, 6.45) is 5.75. The van der Waals surface area contributed by atoms with Crippen LogP contribution in [-0.2, 0) is 17.6 Å². The van der Waals surface area contributed by atoms with Gasteiger partial charge >= 0.3 is 0 Å². The lowest BCUT2D eigenvalue weighted by molar-refractivity contribution is -0.123. The quantitative estimate of drug-likeness (QED) is 0.900. The molecule has 2 atom stereocenters. The molecule has 2 saturated carbocycles. The molecule has 0 aliphatic heterocycles. The van der Waals surface area contributed by atoms with Crippen LogP contribution in [0.25, 0.3) is 0 Å². The highest BCUT2D eigenvalue weighted by Crippen LogP contribution is 2.57. The van der Waals surface area contributed by atoms with Gasteiger partial charge in [-0.05, 0) is 38.0 Å². The second-order valence-electron chi connectivity index (χ2n) is 5.79. The largest absolute Gasteiger partial charge is 0.355 e. The summed E-state index contributed by atoms with van der Waals surface area (Å²) >= 11 is 1.77. The average Bonchev–Trinajstić information content (AvgIpc) is 2.74. The maximum absolute atomic E-state index is 12.0. The van der Waals surface area contributed by atoms with E-state index in [1.807, 2.05) is 0 Å². The fourth-order valence-electron chi connectivity index (χ4n) is 3.54. The van der Waals surface area contributed by atoms with Crippen molar-refractivity contribution in [3.05, 3.63) is 15.6 Å². The molecule has 0 unspecified atom stereocenters. The van der Waals surface area contributed by atoms with Crippen LogP contribution in [0.2, 0.25) is 0 Å². The molecule has 3 nitrogen and oxygen atoms in total. The number of hydrogen-bond donors (Lipinski definition) is 1. The Hall–Kier alpha value is -0.900. The van der Waals surface area contributed by atoms with E-state index in [-0.39, 0.29) is 0 Å². The highest BCUT2D eigenvalue weighted by molar-refractivity contribution is 7.11. The molecule has 0 spiro atoms. The third kappa shape index (κ3) is 2.55. The van der Waals surface area contributed by atoms with Gasteiger partial charge in [0.2, 0.25) is 5.91 Å². The van der Waals surface area contributed by atoms with Crippen LogP contribution in [0.4, 0.5) is 0 Å². The highest BCUT2D eigenvalue weighted by Gasteiger charge is 2.56. The molecule has 4 heteroatoms. The monoisotopic (exact) mass is 278 g/mol. The van der Waals surface area contributed by atoms with Crippen molar-refractivity contribution >= 4 is 17.2 Å². The number of aryl methyl sites for hydroxylation is 2. The summed E-state index contributed by atoms with van der Waals surface area (Å²) in [6.45, 7) is 5.01. The van der Waals surface area contributed by atoms with Crippen LogP contribution in [0.3, 0.4) is 0 Å². The van der Waals surface area contributed by atoms with Gasteiger partial charge < -0.3 is 5.32 Å². The van der Waals surface area contributed by atoms with E-state index in [2.05, 4.69) is 24.1 Å². The van der Waals surface area contributed by atoms with Crippen molar-refractivity contribution in [3.63, 3.8) is 0 Å². The van der Waals surface area contributed by atoms with Gasteiger partial charge in [-0.25, -0.2) is 4.98 Å². The van der Waals surface area contributed by atoms with Gasteiger partial charge in [0, 0.05) is 23.8 Å². The standard InChI is InChI=1S/C15H22N2OS/c1-3-12-9(2)19-13(17-12)7-8-16-15(18)14-10-5-4-6-11(10)14/h10-11,14H,3-8H2,1-2H3,(H,16,18)/t10-,11-/m0/s1. The number of hydrogen-bond acceptors (Lipinski definition) is 3. The van der Waals surface area contributed by atoms with Crippen molar-refractivity contribution in [2.24, 2.45) is 17.8 Å². The Morgan fingerprint density at radius 2 is 2.16 bits per heavy atom. The zero-order valence-corrected chi connectivity index (χ0v) is 12.6. The maximum atomic E-state index is 12.0. The van der Waals surface area contributed by atoms with Crippen LogP contribution in [0, 0.1) is 24.7 Å². The van der Waals surface area contributed by atoms with Crippen molar-refractivity contribution in [1.29, 1.82) is 0 Å². The SMILES string of the molecule is CCc1nc(CCNC(=O)C2[C@H]3CCC[C@H]23)sc1C. The summed E-state index contributed by atoms with van der Waals surface area (Å²) in [4.78, 5) is 17.9. The lowest BCUT2D eigenvalue weighted by atomic mass is 10.1. The van der Waals surface area contributed by atoms with Crippen molar-refractivity contribution in [3.8, 4) is 0 Å². The first kappa shape index (κ1) is 13.1. The molecule has 19 heavy (non-hydrogen) atoms. The fraction of sp³-hybridized carbons (Fsp3) is 0.733. The molecule has 0 aromatic carbocycles. The number of nitrogens with one attached hydrogen (secondary N) is 1. The first-order chi connectivity index (χ1) is 9.20. The molecular weight excluding hydrogens is 256 g/mol. The summed E-state index contributed by atoms with van der Waals surface area (Å²) in [7, 11) is 0. The van der Waals surface area contributed by atoms with Gasteiger partial charge in [-0.15, -0.1) is 11.3 Å². The first-order valence-corrected chi connectivity index (χ1v) is 8.25. The Balaban J connectivity index is 1.44. The van der Waals surface area contributed by atoms with Crippen molar-refractivity contribution in [2.75, 3.05) is 6.54 Å². The van der Waals surface area contributed by atoms with Gasteiger partial charge in [0.15, 0.2) is 0 Å². The lowest BCUT2D eigenvalue weighted by Gasteiger charge is -2.05. The summed E-state index contributed by atoms with van der Waals surface area (Å²) in [5.74, 6) is 2.07. The number of aromatic nitrogens is 1. The molecule has 0 saturated heterocycles. The first-order valence-electron chi connectivity index (χ1n) is 7.43. The molecule has 2 fully saturated rings. The van der Waals surface area contributed by atoms with E-state index >= 15 is 0 Å². The maximum Gasteiger partial charge on any atom is 0.223 e. The van der Waals surface area contributed by atoms with Gasteiger partial charge in [0.1, 0.15) is 0 Å². The highest BCUT2D eigenvalue weighted by atomic mass is 32.1. The summed E-state index contributed by atoms with van der Waals surface area (Å²) in [5, 5.41) is 4.25. The van der Waals surface area contributed by atoms with Crippen LogP contribution in [0.1, 0.15) is 41.8 Å². The molecule has 0 bridgehead atoms. The van der Waals surface area contributed by atoms with Crippen LogP contribution in [0.15, 0.2) is 0 Å². The molecule has 1 aromatic heterocycles. The Kier molecular flexibility index (Phi) is 3.61. The van der Waals surface area contributed by atoms with Crippen molar-refractivity contribution in [2.45, 2.75) is 46.0 Å². The smallest absolute Gasteiger partial charge is 0.223 e. The molecule has 1 N–H and O–H groups in total. The second kappa shape index (κ2) is 5.23. The zero-order valence-electron chi connectivity index (χ0n) is 11.7. The Morgan fingerprint density at radius 1 is 1.42 bits per heavy atom. The van der Waals surface area contributed by atoms with Crippen molar-refractivity contribution < 1.29 is 4.79 Å². The van der Waals surface area contributed by atoms with Gasteiger partial charge in [-0.1, -0.05) is 13.3 Å². The van der Waals surface area contributed by atoms with Crippen LogP contribution in [0.5, 0.6) is 0 Å². The summed E-state index contributed by atoms with van der Waals surface area (Å²) in [5.41, 5.74) is 1.21. The number of nitrogens with zero attached hydrogens (tertiary/aromatic N) is 1. The topological polar surface area (TPSA) is 42.0 Å². The van der Waals surface area contributed by atoms with Gasteiger partial charge in [0.05, 0.1) is 10.7 Å². The molecule has 1 heterocycles. The fourth-order valence-corrected chi connectivity index (χ4v) is 4.56. The zero-order chi connectivity index (χ0) is 13.4. The Labute approximate surface area is 118 Å². The predicted molar refractivity (Wildman–Crippen MR) is 77.3 cm³/mol. The van der Waals surface area contributed by atoms with Crippen LogP contribution >= 0.6 is 11.3 Å². The van der Waals surface area contributed by atoms with E-state index in [0.717, 1.165) is 24.4 Å². The summed E-state index contributed by atoms with van der Waals surface area (Å²) in [6, 6.07) is 0. The number of carbonyl (C=O) groups excluding carboxylic acids is 1. The number of amides is 1. The molecule has 3 rings (SSSR count). The minimum Gasteiger partial charge on any atom is -0.355 e. The lowest BCUT2D eigenvalue weighted by Crippen LogP contribution is -2.28. The predicted octanol–water partition coefficient (Wildman–Crippen LogP) is 2.72. The number of thiazole rings is 1. The second-order valence-corrected chi connectivity index (χ2v) is 7.08. The molecule has 1 amide bonds. The number of fused-ring (bicyclic) bond motifs is 1. The Morgan fingerprint density at radius 3 is 2.79 bits per heavy atom. The van der Waals surface area contributed by atoms with Gasteiger partial charge in [-0.2, -0.15) is 0 Å². The van der Waals surface area contributed by atoms with E-state index in [1.165, 1.54) is 29.8 Å². The molecule has 1 aromatic rings. The number of carbonyl (C=O) groups is 1. The van der Waals surface area contributed by atoms with Crippen LogP contribution in [-0.4, -0.2) is 17.4 Å². The molecule has 0 radical (unpaired) electrons. The molecular formula is C15H22N2OS. The van der Waals surface area contributed by atoms with Crippen molar-refractivity contribution in [1.82, 2.24) is 10.3 Å². The normalized spacial score (nSPS) is 28.2. The van der Waals surface area contributed by atoms with Crippen LogP contribution < -0.4 is 5.32 Å². The Bertz CT molecular complexity index is 472. The molecule has 104 valence electrons. The molecule has 2 aliphatic rings.